The third-order valence-electron chi connectivity index (χ3n) is 4.39. The lowest BCUT2D eigenvalue weighted by molar-refractivity contribution is 0.724. The summed E-state index contributed by atoms with van der Waals surface area (Å²) in [4.78, 5) is 6.49. The van der Waals surface area contributed by atoms with E-state index in [-0.39, 0.29) is 15.9 Å². The fraction of sp³-hybridized carbons (Fsp3) is 0.438. The lowest BCUT2D eigenvalue weighted by Gasteiger charge is -2.22. The van der Waals surface area contributed by atoms with Crippen molar-refractivity contribution in [2.45, 2.75) is 37.5 Å². The molecule has 3 N–H and O–H groups in total. The van der Waals surface area contributed by atoms with E-state index in [4.69, 9.17) is 5.73 Å². The molecule has 102 valence electrons. The molecule has 1 aromatic carbocycles. The van der Waals surface area contributed by atoms with E-state index in [9.17, 15) is 0 Å². The van der Waals surface area contributed by atoms with Gasteiger partial charge in [-0.05, 0) is 54.3 Å². The Labute approximate surface area is 117 Å². The van der Waals surface area contributed by atoms with Crippen molar-refractivity contribution in [2.24, 2.45) is 5.73 Å². The molecule has 0 saturated carbocycles. The molecule has 0 fully saturated rings. The number of rotatable bonds is 3. The fourth-order valence-corrected chi connectivity index (χ4v) is 5.98. The largest absolute Gasteiger partial charge is 0.361 e. The minimum atomic E-state index is 0.175. The second-order valence-corrected chi connectivity index (χ2v) is 8.04. The quantitative estimate of drug-likeness (QED) is 0.825. The molecule has 2 nitrogen and oxygen atoms in total. The summed E-state index contributed by atoms with van der Waals surface area (Å²) in [6.07, 6.45) is 3.16. The molecule has 2 heterocycles. The van der Waals surface area contributed by atoms with E-state index in [1.54, 1.807) is 9.76 Å². The highest BCUT2D eigenvalue weighted by Gasteiger charge is 2.36. The molecule has 0 radical (unpaired) electrons. The van der Waals surface area contributed by atoms with Gasteiger partial charge in [0.05, 0.1) is 0 Å². The van der Waals surface area contributed by atoms with E-state index in [1.165, 1.54) is 22.2 Å². The van der Waals surface area contributed by atoms with Crippen molar-refractivity contribution >= 4 is 26.3 Å². The zero-order valence-corrected chi connectivity index (χ0v) is 12.7. The van der Waals surface area contributed by atoms with E-state index >= 15 is 0 Å². The summed E-state index contributed by atoms with van der Waals surface area (Å²) in [5.41, 5.74) is 8.66. The highest BCUT2D eigenvalue weighted by atomic mass is 32.2. The maximum absolute atomic E-state index is 5.70. The van der Waals surface area contributed by atoms with Crippen LogP contribution in [-0.4, -0.2) is 22.1 Å². The first-order valence-corrected chi connectivity index (χ1v) is 8.32. The van der Waals surface area contributed by atoms with Gasteiger partial charge in [-0.15, -0.1) is 0 Å². The van der Waals surface area contributed by atoms with Crippen molar-refractivity contribution in [3.63, 3.8) is 0 Å². The molecule has 3 heteroatoms. The van der Waals surface area contributed by atoms with Crippen LogP contribution in [0.3, 0.4) is 0 Å². The third-order valence-corrected chi connectivity index (χ3v) is 7.21. The van der Waals surface area contributed by atoms with E-state index < -0.39 is 0 Å². The Morgan fingerprint density at radius 1 is 1.26 bits per heavy atom. The van der Waals surface area contributed by atoms with Crippen molar-refractivity contribution in [3.8, 4) is 0 Å². The maximum Gasteiger partial charge on any atom is 0.0457 e. The van der Waals surface area contributed by atoms with Crippen molar-refractivity contribution < 1.29 is 0 Å². The van der Waals surface area contributed by atoms with Gasteiger partial charge < -0.3 is 10.7 Å². The molecular weight excluding hydrogens is 252 g/mol. The number of aromatic nitrogens is 1. The second-order valence-electron chi connectivity index (χ2n) is 5.80. The molecule has 0 aliphatic carbocycles. The zero-order chi connectivity index (χ0) is 13.6. The number of H-pyrrole nitrogens is 1. The van der Waals surface area contributed by atoms with Crippen LogP contribution in [0.2, 0.25) is 0 Å². The van der Waals surface area contributed by atoms with Gasteiger partial charge in [0.2, 0.25) is 0 Å². The zero-order valence-electron chi connectivity index (χ0n) is 11.9. The van der Waals surface area contributed by atoms with Crippen molar-refractivity contribution in [2.75, 3.05) is 12.3 Å². The Hall–Kier alpha value is -1.06. The molecular formula is C16H22N2S. The molecule has 1 aliphatic heterocycles. The Morgan fingerprint density at radius 2 is 2.05 bits per heavy atom. The number of hydrogen-bond acceptors (Lipinski definition) is 1. The highest BCUT2D eigenvalue weighted by Crippen LogP contribution is 2.50. The molecule has 0 spiro atoms. The highest BCUT2D eigenvalue weighted by molar-refractivity contribution is 8.16. The van der Waals surface area contributed by atoms with Crippen molar-refractivity contribution in [1.82, 2.24) is 4.98 Å². The smallest absolute Gasteiger partial charge is 0.0457 e. The van der Waals surface area contributed by atoms with E-state index in [1.807, 2.05) is 6.20 Å². The number of hydrogen-bond donors (Lipinski definition) is 2. The first kappa shape index (κ1) is 12.9. The minimum Gasteiger partial charge on any atom is -0.361 e. The molecule has 3 rings (SSSR count). The first-order chi connectivity index (χ1) is 9.07. The van der Waals surface area contributed by atoms with Gasteiger partial charge in [0.25, 0.3) is 0 Å². The summed E-state index contributed by atoms with van der Waals surface area (Å²) in [5, 5.41) is 1.39. The predicted octanol–water partition coefficient (Wildman–Crippen LogP) is 3.63. The Bertz CT molecular complexity index is 664. The van der Waals surface area contributed by atoms with Gasteiger partial charge in [0.15, 0.2) is 0 Å². The Kier molecular flexibility index (Phi) is 3.06. The monoisotopic (exact) mass is 274 g/mol. The third kappa shape index (κ3) is 1.79. The summed E-state index contributed by atoms with van der Waals surface area (Å²) in [7, 11) is 0.266. The number of aromatic amines is 1. The van der Waals surface area contributed by atoms with Crippen molar-refractivity contribution in [1.29, 1.82) is 0 Å². The van der Waals surface area contributed by atoms with Gasteiger partial charge >= 0.3 is 0 Å². The lowest BCUT2D eigenvalue weighted by atomic mass is 9.80. The van der Waals surface area contributed by atoms with Gasteiger partial charge in [-0.1, -0.05) is 13.8 Å². The Balaban J connectivity index is 2.23. The van der Waals surface area contributed by atoms with Crippen LogP contribution in [-0.2, 0) is 5.41 Å². The summed E-state index contributed by atoms with van der Waals surface area (Å²) in [5.74, 6) is 1.20. The molecule has 0 saturated heterocycles. The van der Waals surface area contributed by atoms with Crippen LogP contribution in [0.25, 0.3) is 10.9 Å². The second kappa shape index (κ2) is 4.50. The van der Waals surface area contributed by atoms with Crippen molar-refractivity contribution in [3.05, 3.63) is 30.0 Å². The van der Waals surface area contributed by atoms with Crippen LogP contribution in [0, 0.1) is 0 Å². The molecule has 0 bridgehead atoms. The van der Waals surface area contributed by atoms with Gasteiger partial charge in [0, 0.05) is 27.4 Å². The number of benzene rings is 1. The number of fused-ring (bicyclic) bond motifs is 3. The predicted molar refractivity (Wildman–Crippen MR) is 86.4 cm³/mol. The normalized spacial score (nSPS) is 21.1. The number of nitrogens with two attached hydrogens (primary N) is 1. The van der Waals surface area contributed by atoms with Gasteiger partial charge in [-0.25, -0.2) is 0 Å². The fourth-order valence-electron chi connectivity index (χ4n) is 3.10. The summed E-state index contributed by atoms with van der Waals surface area (Å²) in [6, 6.07) is 6.77. The first-order valence-electron chi connectivity index (χ1n) is 6.93. The average Bonchev–Trinajstić information content (AvgIpc) is 2.91. The van der Waals surface area contributed by atoms with Crippen LogP contribution in [0.5, 0.6) is 0 Å². The molecule has 1 unspecified atom stereocenters. The van der Waals surface area contributed by atoms with Gasteiger partial charge in [-0.3, -0.25) is 0 Å². The summed E-state index contributed by atoms with van der Waals surface area (Å²) >= 11 is 0. The topological polar surface area (TPSA) is 41.8 Å². The number of nitrogens with one attached hydrogen (secondary N) is 1. The van der Waals surface area contributed by atoms with E-state index in [0.717, 1.165) is 13.0 Å². The molecule has 0 amide bonds. The maximum atomic E-state index is 5.70. The summed E-state index contributed by atoms with van der Waals surface area (Å²) < 4.78 is 0. The molecule has 1 aliphatic rings. The van der Waals surface area contributed by atoms with Crippen LogP contribution in [0.4, 0.5) is 0 Å². The standard InChI is InChI=1S/C16H22N2S/c1-11-16(2,3)15-12-7-9-18-13(12)5-6-14(15)19(11)10-4-8-17/h5-7,9,18H,4,8,10,17H2,1-3H3. The van der Waals surface area contributed by atoms with Crippen LogP contribution in [0.15, 0.2) is 29.3 Å². The summed E-state index contributed by atoms with van der Waals surface area (Å²) in [6.45, 7) is 7.85. The van der Waals surface area contributed by atoms with Crippen LogP contribution < -0.4 is 5.73 Å². The van der Waals surface area contributed by atoms with Crippen LogP contribution >= 0.6 is 10.5 Å². The van der Waals surface area contributed by atoms with Crippen LogP contribution in [0.1, 0.15) is 32.8 Å². The molecule has 1 atom stereocenters. The minimum absolute atomic E-state index is 0.175. The Morgan fingerprint density at radius 3 is 2.79 bits per heavy atom. The average molecular weight is 274 g/mol. The molecule has 19 heavy (non-hydrogen) atoms. The van der Waals surface area contributed by atoms with Gasteiger partial charge in [0.1, 0.15) is 0 Å². The van der Waals surface area contributed by atoms with Gasteiger partial charge in [-0.2, -0.15) is 10.5 Å². The van der Waals surface area contributed by atoms with E-state index in [0.29, 0.717) is 0 Å². The molecule has 2 aromatic rings. The lowest BCUT2D eigenvalue weighted by Crippen LogP contribution is -2.23. The molecule has 1 aromatic heterocycles. The SMILES string of the molecule is CC1=S(CCCN)c2ccc3[nH]ccc3c2C1(C)C. The van der Waals surface area contributed by atoms with E-state index in [2.05, 4.69) is 44.0 Å².